The molecule has 5 nitrogen and oxygen atoms in total. The Hall–Kier alpha value is -2.82. The van der Waals surface area contributed by atoms with Gasteiger partial charge in [-0.25, -0.2) is 0 Å². The highest BCUT2D eigenvalue weighted by Gasteiger charge is 2.20. The van der Waals surface area contributed by atoms with E-state index >= 15 is 0 Å². The van der Waals surface area contributed by atoms with Crippen LogP contribution in [0.1, 0.15) is 67.7 Å². The van der Waals surface area contributed by atoms with Gasteiger partial charge in [-0.15, -0.1) is 0 Å². The smallest absolute Gasteiger partial charge is 0.259 e. The molecule has 5 heteroatoms. The van der Waals surface area contributed by atoms with Gasteiger partial charge < -0.3 is 15.4 Å². The Balaban J connectivity index is 2.17. The van der Waals surface area contributed by atoms with Crippen molar-refractivity contribution in [1.29, 1.82) is 0 Å². The lowest BCUT2D eigenvalue weighted by molar-refractivity contribution is 0.0920. The van der Waals surface area contributed by atoms with Gasteiger partial charge in [0, 0.05) is 5.54 Å². The zero-order chi connectivity index (χ0) is 20.6. The molecule has 0 radical (unpaired) electrons. The van der Waals surface area contributed by atoms with Gasteiger partial charge in [-0.3, -0.25) is 9.59 Å². The maximum absolute atomic E-state index is 12.9. The van der Waals surface area contributed by atoms with Gasteiger partial charge in [0.25, 0.3) is 11.8 Å². The Bertz CT molecular complexity index is 809. The van der Waals surface area contributed by atoms with Crippen LogP contribution in [0, 0.1) is 0 Å². The largest absolute Gasteiger partial charge is 0.493 e. The van der Waals surface area contributed by atoms with Crippen molar-refractivity contribution in [3.8, 4) is 5.75 Å². The van der Waals surface area contributed by atoms with Gasteiger partial charge in [0.1, 0.15) is 5.75 Å². The first-order valence-corrected chi connectivity index (χ1v) is 9.76. The summed E-state index contributed by atoms with van der Waals surface area (Å²) in [6.45, 7) is 8.45. The first-order chi connectivity index (χ1) is 13.3. The summed E-state index contributed by atoms with van der Waals surface area (Å²) in [5.41, 5.74) is 0.972. The van der Waals surface area contributed by atoms with Gasteiger partial charge in [-0.2, -0.15) is 0 Å². The molecule has 0 aliphatic heterocycles. The molecule has 0 bridgehead atoms. The number of para-hydroxylation sites is 2. The summed E-state index contributed by atoms with van der Waals surface area (Å²) in [6, 6.07) is 14.1. The molecule has 2 aromatic carbocycles. The number of ether oxygens (including phenoxy) is 1. The molecule has 2 rings (SSSR count). The summed E-state index contributed by atoms with van der Waals surface area (Å²) in [5.74, 6) is 0.0160. The Morgan fingerprint density at radius 2 is 1.54 bits per heavy atom. The van der Waals surface area contributed by atoms with E-state index in [1.807, 2.05) is 26.8 Å². The second-order valence-corrected chi connectivity index (χ2v) is 7.76. The second-order valence-electron chi connectivity index (χ2n) is 7.76. The van der Waals surface area contributed by atoms with Crippen LogP contribution in [0.25, 0.3) is 0 Å². The van der Waals surface area contributed by atoms with Crippen molar-refractivity contribution in [1.82, 2.24) is 5.32 Å². The van der Waals surface area contributed by atoms with E-state index in [2.05, 4.69) is 17.6 Å². The lowest BCUT2D eigenvalue weighted by Crippen LogP contribution is -2.40. The maximum Gasteiger partial charge on any atom is 0.259 e. The summed E-state index contributed by atoms with van der Waals surface area (Å²) in [7, 11) is 0. The standard InChI is InChI=1S/C23H30N2O3/c1-5-6-11-16-28-20-15-10-8-13-18(20)21(26)24-19-14-9-7-12-17(19)22(27)25-23(2,3)4/h7-10,12-15H,5-6,11,16H2,1-4H3,(H,24,26)(H,25,27). The molecule has 0 unspecified atom stereocenters. The molecule has 0 saturated carbocycles. The van der Waals surface area contributed by atoms with E-state index in [1.165, 1.54) is 0 Å². The molecule has 2 amide bonds. The summed E-state index contributed by atoms with van der Waals surface area (Å²) in [4.78, 5) is 25.4. The van der Waals surface area contributed by atoms with Gasteiger partial charge in [-0.1, -0.05) is 44.0 Å². The van der Waals surface area contributed by atoms with E-state index in [0.29, 0.717) is 29.2 Å². The number of unbranched alkanes of at least 4 members (excludes halogenated alkanes) is 2. The summed E-state index contributed by atoms with van der Waals surface area (Å²) in [5, 5.41) is 5.78. The third kappa shape index (κ3) is 6.41. The number of rotatable bonds is 8. The number of hydrogen-bond acceptors (Lipinski definition) is 3. The van der Waals surface area contributed by atoms with Crippen LogP contribution in [0.4, 0.5) is 5.69 Å². The summed E-state index contributed by atoms with van der Waals surface area (Å²) in [6.07, 6.45) is 3.14. The highest BCUT2D eigenvalue weighted by Crippen LogP contribution is 2.22. The molecule has 2 aromatic rings. The number of anilines is 1. The fourth-order valence-corrected chi connectivity index (χ4v) is 2.70. The number of nitrogens with one attached hydrogen (secondary N) is 2. The van der Waals surface area contributed by atoms with Gasteiger partial charge in [0.2, 0.25) is 0 Å². The van der Waals surface area contributed by atoms with E-state index in [9.17, 15) is 9.59 Å². The molecule has 0 aliphatic carbocycles. The first-order valence-electron chi connectivity index (χ1n) is 9.76. The van der Waals surface area contributed by atoms with Crippen LogP contribution >= 0.6 is 0 Å². The number of amides is 2. The second kappa shape index (κ2) is 9.93. The molecule has 28 heavy (non-hydrogen) atoms. The van der Waals surface area contributed by atoms with E-state index in [1.54, 1.807) is 42.5 Å². The average Bonchev–Trinajstić information content (AvgIpc) is 2.64. The number of carbonyl (C=O) groups excluding carboxylic acids is 2. The SMILES string of the molecule is CCCCCOc1ccccc1C(=O)Nc1ccccc1C(=O)NC(C)(C)C. The van der Waals surface area contributed by atoms with Gasteiger partial charge in [0.15, 0.2) is 0 Å². The highest BCUT2D eigenvalue weighted by atomic mass is 16.5. The maximum atomic E-state index is 12.9. The molecule has 0 aliphatic rings. The lowest BCUT2D eigenvalue weighted by atomic mass is 10.1. The first kappa shape index (κ1) is 21.5. The lowest BCUT2D eigenvalue weighted by Gasteiger charge is -2.21. The Morgan fingerprint density at radius 3 is 2.21 bits per heavy atom. The van der Waals surface area contributed by atoms with Crippen molar-refractivity contribution in [2.45, 2.75) is 52.5 Å². The Morgan fingerprint density at radius 1 is 0.893 bits per heavy atom. The van der Waals surface area contributed by atoms with E-state index in [0.717, 1.165) is 19.3 Å². The van der Waals surface area contributed by atoms with Crippen LogP contribution in [0.5, 0.6) is 5.75 Å². The molecule has 2 N–H and O–H groups in total. The van der Waals surface area contributed by atoms with Crippen molar-refractivity contribution >= 4 is 17.5 Å². The molecule has 0 fully saturated rings. The van der Waals surface area contributed by atoms with E-state index in [-0.39, 0.29) is 17.4 Å². The minimum absolute atomic E-state index is 0.229. The molecular weight excluding hydrogens is 352 g/mol. The predicted octanol–water partition coefficient (Wildman–Crippen LogP) is 5.04. The zero-order valence-corrected chi connectivity index (χ0v) is 17.2. The molecule has 150 valence electrons. The van der Waals surface area contributed by atoms with Crippen LogP contribution in [0.2, 0.25) is 0 Å². The van der Waals surface area contributed by atoms with Crippen LogP contribution in [0.3, 0.4) is 0 Å². The van der Waals surface area contributed by atoms with E-state index < -0.39 is 0 Å². The van der Waals surface area contributed by atoms with Crippen molar-refractivity contribution < 1.29 is 14.3 Å². The van der Waals surface area contributed by atoms with Crippen molar-refractivity contribution in [2.75, 3.05) is 11.9 Å². The Labute approximate surface area is 167 Å². The number of carbonyl (C=O) groups is 2. The number of benzene rings is 2. The Kier molecular flexibility index (Phi) is 7.61. The van der Waals surface area contributed by atoms with Crippen LogP contribution in [-0.2, 0) is 0 Å². The van der Waals surface area contributed by atoms with Crippen molar-refractivity contribution in [3.63, 3.8) is 0 Å². The minimum Gasteiger partial charge on any atom is -0.493 e. The van der Waals surface area contributed by atoms with E-state index in [4.69, 9.17) is 4.74 Å². The molecule has 0 heterocycles. The van der Waals surface area contributed by atoms with Crippen LogP contribution in [-0.4, -0.2) is 24.0 Å². The molecule has 0 saturated heterocycles. The fourth-order valence-electron chi connectivity index (χ4n) is 2.70. The number of hydrogen-bond donors (Lipinski definition) is 2. The van der Waals surface area contributed by atoms with Crippen LogP contribution < -0.4 is 15.4 Å². The van der Waals surface area contributed by atoms with Crippen molar-refractivity contribution in [3.05, 3.63) is 59.7 Å². The summed E-state index contributed by atoms with van der Waals surface area (Å²) < 4.78 is 5.80. The quantitative estimate of drug-likeness (QED) is 0.629. The normalized spacial score (nSPS) is 11.0. The molecular formula is C23H30N2O3. The van der Waals surface area contributed by atoms with Gasteiger partial charge in [-0.05, 0) is 51.5 Å². The fraction of sp³-hybridized carbons (Fsp3) is 0.391. The average molecular weight is 383 g/mol. The third-order valence-corrected chi connectivity index (χ3v) is 4.05. The van der Waals surface area contributed by atoms with Crippen LogP contribution in [0.15, 0.2) is 48.5 Å². The summed E-state index contributed by atoms with van der Waals surface area (Å²) >= 11 is 0. The molecule has 0 atom stereocenters. The molecule has 0 aromatic heterocycles. The highest BCUT2D eigenvalue weighted by molar-refractivity contribution is 6.10. The van der Waals surface area contributed by atoms with Gasteiger partial charge >= 0.3 is 0 Å². The topological polar surface area (TPSA) is 67.4 Å². The van der Waals surface area contributed by atoms with Gasteiger partial charge in [0.05, 0.1) is 23.4 Å². The van der Waals surface area contributed by atoms with Crippen molar-refractivity contribution in [2.24, 2.45) is 0 Å². The zero-order valence-electron chi connectivity index (χ0n) is 17.2. The monoisotopic (exact) mass is 382 g/mol. The predicted molar refractivity (Wildman–Crippen MR) is 113 cm³/mol. The minimum atomic E-state index is -0.368. The third-order valence-electron chi connectivity index (χ3n) is 4.05. The molecule has 0 spiro atoms.